The fraction of sp³-hybridized carbons (Fsp3) is 0.357. The van der Waals surface area contributed by atoms with E-state index in [1.165, 1.54) is 5.56 Å². The van der Waals surface area contributed by atoms with Crippen LogP contribution < -0.4 is 0 Å². The molecule has 0 saturated heterocycles. The normalized spacial score (nSPS) is 11.5. The Kier molecular flexibility index (Phi) is 4.12. The van der Waals surface area contributed by atoms with Crippen molar-refractivity contribution in [1.82, 2.24) is 0 Å². The van der Waals surface area contributed by atoms with Gasteiger partial charge in [-0.1, -0.05) is 44.2 Å². The molecule has 0 spiro atoms. The summed E-state index contributed by atoms with van der Waals surface area (Å²) in [7, 11) is 0. The summed E-state index contributed by atoms with van der Waals surface area (Å²) < 4.78 is 0. The van der Waals surface area contributed by atoms with Gasteiger partial charge >= 0.3 is 0 Å². The van der Waals surface area contributed by atoms with Gasteiger partial charge in [-0.05, 0) is 30.4 Å². The maximum Gasteiger partial charge on any atom is 0.0994 e. The number of allylic oxidation sites excluding steroid dienone is 2. The van der Waals surface area contributed by atoms with Gasteiger partial charge in [-0.3, -0.25) is 0 Å². The third-order valence-electron chi connectivity index (χ3n) is 2.32. The van der Waals surface area contributed by atoms with Crippen molar-refractivity contribution in [3.8, 4) is 6.07 Å². The first-order valence-corrected chi connectivity index (χ1v) is 5.33. The molecule has 0 aliphatic rings. The summed E-state index contributed by atoms with van der Waals surface area (Å²) in [4.78, 5) is 0. The Morgan fingerprint density at radius 3 is 2.33 bits per heavy atom. The van der Waals surface area contributed by atoms with Crippen LogP contribution in [0.15, 0.2) is 30.3 Å². The molecule has 0 atom stereocenters. The van der Waals surface area contributed by atoms with Crippen LogP contribution in [0.5, 0.6) is 0 Å². The van der Waals surface area contributed by atoms with E-state index in [9.17, 15) is 0 Å². The topological polar surface area (TPSA) is 23.8 Å². The second-order valence-electron chi connectivity index (χ2n) is 4.11. The maximum absolute atomic E-state index is 8.88. The zero-order valence-electron chi connectivity index (χ0n) is 9.62. The maximum atomic E-state index is 8.88. The fourth-order valence-corrected chi connectivity index (χ4v) is 1.59. The number of benzene rings is 1. The molecule has 0 bridgehead atoms. The van der Waals surface area contributed by atoms with E-state index >= 15 is 0 Å². The molecule has 0 unspecified atom stereocenters. The van der Waals surface area contributed by atoms with E-state index in [0.717, 1.165) is 17.6 Å². The summed E-state index contributed by atoms with van der Waals surface area (Å²) in [5, 5.41) is 8.88. The predicted molar refractivity (Wildman–Crippen MR) is 64.2 cm³/mol. The zero-order valence-corrected chi connectivity index (χ0v) is 9.62. The molecule has 0 radical (unpaired) electrons. The highest BCUT2D eigenvalue weighted by molar-refractivity contribution is 5.76. The number of hydrogen-bond acceptors (Lipinski definition) is 1. The number of hydrogen-bond donors (Lipinski definition) is 0. The highest BCUT2D eigenvalue weighted by Gasteiger charge is 2.00. The van der Waals surface area contributed by atoms with Crippen molar-refractivity contribution in [2.75, 3.05) is 0 Å². The van der Waals surface area contributed by atoms with Gasteiger partial charge in [-0.25, -0.2) is 0 Å². The molecule has 15 heavy (non-hydrogen) atoms. The first-order chi connectivity index (χ1) is 7.17. The van der Waals surface area contributed by atoms with E-state index in [2.05, 4.69) is 32.0 Å². The van der Waals surface area contributed by atoms with Crippen LogP contribution in [-0.2, 0) is 6.42 Å². The molecule has 1 aromatic rings. The molecule has 0 fully saturated rings. The minimum absolute atomic E-state index is 0.674. The quantitative estimate of drug-likeness (QED) is 0.679. The zero-order chi connectivity index (χ0) is 11.3. The minimum atomic E-state index is 0.674. The molecule has 0 N–H and O–H groups in total. The highest BCUT2D eigenvalue weighted by Crippen LogP contribution is 2.16. The van der Waals surface area contributed by atoms with Crippen molar-refractivity contribution in [1.29, 1.82) is 5.26 Å². The summed E-state index contributed by atoms with van der Waals surface area (Å²) in [6, 6.07) is 10.5. The Morgan fingerprint density at radius 2 is 1.93 bits per heavy atom. The lowest BCUT2D eigenvalue weighted by molar-refractivity contribution is 0.647. The Morgan fingerprint density at radius 1 is 1.33 bits per heavy atom. The van der Waals surface area contributed by atoms with Gasteiger partial charge < -0.3 is 0 Å². The van der Waals surface area contributed by atoms with Crippen LogP contribution in [0, 0.1) is 17.2 Å². The molecule has 0 saturated carbocycles. The lowest BCUT2D eigenvalue weighted by Gasteiger charge is -2.05. The molecule has 1 aromatic carbocycles. The molecule has 78 valence electrons. The predicted octanol–water partition coefficient (Wildman–Crippen LogP) is 3.81. The first kappa shape index (κ1) is 11.5. The van der Waals surface area contributed by atoms with Crippen molar-refractivity contribution in [2.45, 2.75) is 27.2 Å². The van der Waals surface area contributed by atoms with Crippen LogP contribution in [0.3, 0.4) is 0 Å². The van der Waals surface area contributed by atoms with Crippen molar-refractivity contribution in [2.24, 2.45) is 5.92 Å². The Hall–Kier alpha value is -1.55. The van der Waals surface area contributed by atoms with Crippen molar-refractivity contribution >= 4 is 5.57 Å². The van der Waals surface area contributed by atoms with Gasteiger partial charge in [0.25, 0.3) is 0 Å². The second kappa shape index (κ2) is 5.36. The van der Waals surface area contributed by atoms with Crippen LogP contribution in [0.4, 0.5) is 0 Å². The molecule has 0 heterocycles. The van der Waals surface area contributed by atoms with E-state index in [4.69, 9.17) is 5.26 Å². The third-order valence-corrected chi connectivity index (χ3v) is 2.32. The SMILES string of the molecule is C/C=C(\C#N)c1ccc(CC(C)C)cc1. The molecular formula is C14H17N. The molecule has 1 rings (SSSR count). The molecule has 1 heteroatoms. The first-order valence-electron chi connectivity index (χ1n) is 5.33. The average Bonchev–Trinajstić information content (AvgIpc) is 2.21. The smallest absolute Gasteiger partial charge is 0.0994 e. The second-order valence-corrected chi connectivity index (χ2v) is 4.11. The van der Waals surface area contributed by atoms with Crippen molar-refractivity contribution < 1.29 is 0 Å². The third kappa shape index (κ3) is 3.25. The van der Waals surface area contributed by atoms with Gasteiger partial charge in [0, 0.05) is 0 Å². The van der Waals surface area contributed by atoms with Gasteiger partial charge in [0.2, 0.25) is 0 Å². The number of nitriles is 1. The van der Waals surface area contributed by atoms with E-state index in [1.54, 1.807) is 0 Å². The van der Waals surface area contributed by atoms with E-state index < -0.39 is 0 Å². The van der Waals surface area contributed by atoms with Gasteiger partial charge in [0.15, 0.2) is 0 Å². The Labute approximate surface area is 92.1 Å². The van der Waals surface area contributed by atoms with Gasteiger partial charge in [-0.15, -0.1) is 0 Å². The summed E-state index contributed by atoms with van der Waals surface area (Å²) in [6.07, 6.45) is 2.94. The molecule has 1 nitrogen and oxygen atoms in total. The molecule has 0 aliphatic heterocycles. The van der Waals surface area contributed by atoms with Gasteiger partial charge in [0.1, 0.15) is 0 Å². The minimum Gasteiger partial charge on any atom is -0.192 e. The van der Waals surface area contributed by atoms with Crippen molar-refractivity contribution in [3.63, 3.8) is 0 Å². The standard InChI is InChI=1S/C14H17N/c1-4-13(10-15)14-7-5-12(6-8-14)9-11(2)3/h4-8,11H,9H2,1-3H3/b13-4+. The molecule has 0 aliphatic carbocycles. The van der Waals surface area contributed by atoms with Crippen LogP contribution in [0.2, 0.25) is 0 Å². The van der Waals surface area contributed by atoms with E-state index in [-0.39, 0.29) is 0 Å². The van der Waals surface area contributed by atoms with Gasteiger partial charge in [-0.2, -0.15) is 5.26 Å². The fourth-order valence-electron chi connectivity index (χ4n) is 1.59. The number of nitrogens with zero attached hydrogens (tertiary/aromatic N) is 1. The average molecular weight is 199 g/mol. The molecular weight excluding hydrogens is 182 g/mol. The van der Waals surface area contributed by atoms with Crippen molar-refractivity contribution in [3.05, 3.63) is 41.5 Å². The molecule has 0 aromatic heterocycles. The lowest BCUT2D eigenvalue weighted by atomic mass is 9.99. The Bertz CT molecular complexity index is 377. The van der Waals surface area contributed by atoms with Gasteiger partial charge in [0.05, 0.1) is 11.6 Å². The summed E-state index contributed by atoms with van der Waals surface area (Å²) in [6.45, 7) is 6.31. The van der Waals surface area contributed by atoms with E-state index in [1.807, 2.05) is 25.1 Å². The summed E-state index contributed by atoms with van der Waals surface area (Å²) in [5.74, 6) is 0.674. The van der Waals surface area contributed by atoms with Crippen LogP contribution in [-0.4, -0.2) is 0 Å². The lowest BCUT2D eigenvalue weighted by Crippen LogP contribution is -1.93. The summed E-state index contributed by atoms with van der Waals surface area (Å²) in [5.41, 5.74) is 3.08. The number of rotatable bonds is 3. The largest absolute Gasteiger partial charge is 0.192 e. The monoisotopic (exact) mass is 199 g/mol. The highest BCUT2D eigenvalue weighted by atomic mass is 14.2. The molecule has 0 amide bonds. The van der Waals surface area contributed by atoms with Crippen LogP contribution >= 0.6 is 0 Å². The van der Waals surface area contributed by atoms with Crippen LogP contribution in [0.25, 0.3) is 5.57 Å². The van der Waals surface area contributed by atoms with E-state index in [0.29, 0.717) is 5.92 Å². The Balaban J connectivity index is 2.86. The van der Waals surface area contributed by atoms with Crippen LogP contribution in [0.1, 0.15) is 31.9 Å². The summed E-state index contributed by atoms with van der Waals surface area (Å²) >= 11 is 0.